The molecular formula is C17H23NO6S. The Bertz CT molecular complexity index is 744. The quantitative estimate of drug-likeness (QED) is 0.795. The molecule has 1 fully saturated rings. The molecule has 0 spiro atoms. The van der Waals surface area contributed by atoms with E-state index in [2.05, 4.69) is 5.32 Å². The number of benzene rings is 1. The first-order valence-electron chi connectivity index (χ1n) is 8.04. The highest BCUT2D eigenvalue weighted by Gasteiger charge is 2.36. The maximum Gasteiger partial charge on any atom is 0.408 e. The zero-order chi connectivity index (χ0) is 18.8. The van der Waals surface area contributed by atoms with Crippen LogP contribution in [0.2, 0.25) is 0 Å². The number of hydrogen-bond acceptors (Lipinski definition) is 5. The number of carboxylic acids is 1. The first-order valence-corrected chi connectivity index (χ1v) is 9.59. The Balaban J connectivity index is 2.04. The van der Waals surface area contributed by atoms with Gasteiger partial charge in [0.25, 0.3) is 0 Å². The molecule has 0 aromatic heterocycles. The van der Waals surface area contributed by atoms with Crippen LogP contribution in [0.1, 0.15) is 39.2 Å². The summed E-state index contributed by atoms with van der Waals surface area (Å²) in [5, 5.41) is 11.3. The van der Waals surface area contributed by atoms with Crippen LogP contribution >= 0.6 is 0 Å². The van der Waals surface area contributed by atoms with E-state index in [1.54, 1.807) is 32.9 Å². The van der Waals surface area contributed by atoms with Crippen molar-refractivity contribution in [2.24, 2.45) is 0 Å². The number of carboxylic acid groups (broad SMARTS) is 1. The van der Waals surface area contributed by atoms with Crippen molar-refractivity contribution in [1.29, 1.82) is 0 Å². The van der Waals surface area contributed by atoms with Crippen LogP contribution in [0, 0.1) is 0 Å². The summed E-state index contributed by atoms with van der Waals surface area (Å²) in [6, 6.07) is 4.94. The summed E-state index contributed by atoms with van der Waals surface area (Å²) in [5.74, 6) is -1.19. The van der Waals surface area contributed by atoms with Gasteiger partial charge in [-0.05, 0) is 51.3 Å². The monoisotopic (exact) mass is 369 g/mol. The Hall–Kier alpha value is -2.09. The van der Waals surface area contributed by atoms with Crippen LogP contribution in [0.5, 0.6) is 0 Å². The van der Waals surface area contributed by atoms with Crippen molar-refractivity contribution in [1.82, 2.24) is 5.32 Å². The highest BCUT2D eigenvalue weighted by Crippen LogP contribution is 2.33. The van der Waals surface area contributed by atoms with E-state index < -0.39 is 33.5 Å². The van der Waals surface area contributed by atoms with Crippen molar-refractivity contribution in [2.75, 3.05) is 0 Å². The molecule has 2 N–H and O–H groups in total. The summed E-state index contributed by atoms with van der Waals surface area (Å²) in [5.41, 5.74) is -0.121. The normalized spacial score (nSPS) is 16.1. The standard InChI is InChI=1S/C17H23NO6S/c1-17(2,3)24-16(21)18-14(15(19)20)10-11-4-6-12(7-5-11)25(22,23)13-8-9-13/h4-7,13-14H,8-10H2,1-3H3,(H,18,21)(H,19,20)/t14-/m0/s1. The van der Waals surface area contributed by atoms with E-state index in [0.717, 1.165) is 0 Å². The van der Waals surface area contributed by atoms with Crippen LogP contribution < -0.4 is 5.32 Å². The number of rotatable bonds is 6. The van der Waals surface area contributed by atoms with Crippen LogP contribution in [0.25, 0.3) is 0 Å². The second-order valence-corrected chi connectivity index (χ2v) is 9.36. The van der Waals surface area contributed by atoms with Gasteiger partial charge in [-0.2, -0.15) is 0 Å². The number of aliphatic carboxylic acids is 1. The maximum absolute atomic E-state index is 12.1. The van der Waals surface area contributed by atoms with Gasteiger partial charge in [0.2, 0.25) is 0 Å². The number of nitrogens with one attached hydrogen (secondary N) is 1. The third-order valence-corrected chi connectivity index (χ3v) is 5.92. The molecule has 1 aliphatic carbocycles. The van der Waals surface area contributed by atoms with Crippen LogP contribution in [-0.4, -0.2) is 42.5 Å². The molecule has 1 aliphatic rings. The molecule has 0 unspecified atom stereocenters. The van der Waals surface area contributed by atoms with E-state index in [0.29, 0.717) is 18.4 Å². The summed E-state index contributed by atoms with van der Waals surface area (Å²) in [7, 11) is -3.27. The van der Waals surface area contributed by atoms with E-state index in [9.17, 15) is 23.1 Å². The zero-order valence-corrected chi connectivity index (χ0v) is 15.3. The number of sulfone groups is 1. The van der Waals surface area contributed by atoms with Gasteiger partial charge in [-0.1, -0.05) is 12.1 Å². The van der Waals surface area contributed by atoms with Gasteiger partial charge in [0.05, 0.1) is 10.1 Å². The molecule has 8 heteroatoms. The fraction of sp³-hybridized carbons (Fsp3) is 0.529. The fourth-order valence-electron chi connectivity index (χ4n) is 2.27. The van der Waals surface area contributed by atoms with Crippen molar-refractivity contribution < 1.29 is 27.9 Å². The number of carbonyl (C=O) groups excluding carboxylic acids is 1. The Labute approximate surface area is 147 Å². The first-order chi connectivity index (χ1) is 11.5. The third kappa shape index (κ3) is 5.45. The van der Waals surface area contributed by atoms with Gasteiger partial charge in [0.15, 0.2) is 9.84 Å². The minimum atomic E-state index is -3.27. The minimum absolute atomic E-state index is 0.0261. The number of carbonyl (C=O) groups is 2. The highest BCUT2D eigenvalue weighted by molar-refractivity contribution is 7.92. The highest BCUT2D eigenvalue weighted by atomic mass is 32.2. The molecule has 1 aromatic rings. The third-order valence-electron chi connectivity index (χ3n) is 3.64. The van der Waals surface area contributed by atoms with Crippen molar-refractivity contribution in [3.05, 3.63) is 29.8 Å². The van der Waals surface area contributed by atoms with E-state index in [1.807, 2.05) is 0 Å². The Morgan fingerprint density at radius 1 is 1.24 bits per heavy atom. The van der Waals surface area contributed by atoms with E-state index >= 15 is 0 Å². The summed E-state index contributed by atoms with van der Waals surface area (Å²) in [4.78, 5) is 23.4. The lowest BCUT2D eigenvalue weighted by atomic mass is 10.1. The summed E-state index contributed by atoms with van der Waals surface area (Å²) >= 11 is 0. The SMILES string of the molecule is CC(C)(C)OC(=O)N[C@@H](Cc1ccc(S(=O)(=O)C2CC2)cc1)C(=O)O. The minimum Gasteiger partial charge on any atom is -0.480 e. The average Bonchev–Trinajstić information content (AvgIpc) is 3.30. The molecule has 1 atom stereocenters. The molecule has 1 amide bonds. The van der Waals surface area contributed by atoms with Crippen molar-refractivity contribution in [3.8, 4) is 0 Å². The fourth-order valence-corrected chi connectivity index (χ4v) is 3.93. The summed E-state index contributed by atoms with van der Waals surface area (Å²) < 4.78 is 29.4. The molecular weight excluding hydrogens is 346 g/mol. The Morgan fingerprint density at radius 3 is 2.24 bits per heavy atom. The molecule has 2 rings (SSSR count). The molecule has 1 saturated carbocycles. The molecule has 138 valence electrons. The molecule has 0 saturated heterocycles. The lowest BCUT2D eigenvalue weighted by Crippen LogP contribution is -2.44. The van der Waals surface area contributed by atoms with Gasteiger partial charge in [-0.15, -0.1) is 0 Å². The van der Waals surface area contributed by atoms with Crippen molar-refractivity contribution in [3.63, 3.8) is 0 Å². The van der Waals surface area contributed by atoms with Crippen LogP contribution in [-0.2, 0) is 25.8 Å². The number of amides is 1. The van der Waals surface area contributed by atoms with Gasteiger partial charge in [-0.3, -0.25) is 0 Å². The maximum atomic E-state index is 12.1. The molecule has 0 heterocycles. The molecule has 0 aliphatic heterocycles. The Kier molecular flexibility index (Phi) is 5.41. The summed E-state index contributed by atoms with van der Waals surface area (Å²) in [6.07, 6.45) is 0.585. The molecule has 0 radical (unpaired) electrons. The van der Waals surface area contributed by atoms with Gasteiger partial charge in [0.1, 0.15) is 11.6 Å². The zero-order valence-electron chi connectivity index (χ0n) is 14.5. The van der Waals surface area contributed by atoms with Crippen molar-refractivity contribution >= 4 is 21.9 Å². The van der Waals surface area contributed by atoms with Crippen LogP contribution in [0.3, 0.4) is 0 Å². The van der Waals surface area contributed by atoms with Crippen LogP contribution in [0.15, 0.2) is 29.2 Å². The molecule has 0 bridgehead atoms. The van der Waals surface area contributed by atoms with Gasteiger partial charge in [-0.25, -0.2) is 18.0 Å². The average molecular weight is 369 g/mol. The van der Waals surface area contributed by atoms with E-state index in [-0.39, 0.29) is 16.6 Å². The number of ether oxygens (including phenoxy) is 1. The van der Waals surface area contributed by atoms with E-state index in [4.69, 9.17) is 4.74 Å². The number of hydrogen-bond donors (Lipinski definition) is 2. The summed E-state index contributed by atoms with van der Waals surface area (Å²) in [6.45, 7) is 5.05. The lowest BCUT2D eigenvalue weighted by molar-refractivity contribution is -0.139. The molecule has 1 aromatic carbocycles. The van der Waals surface area contributed by atoms with Gasteiger partial charge >= 0.3 is 12.1 Å². The largest absolute Gasteiger partial charge is 0.480 e. The van der Waals surface area contributed by atoms with Gasteiger partial charge < -0.3 is 15.2 Å². The number of alkyl carbamates (subject to hydrolysis) is 1. The van der Waals surface area contributed by atoms with E-state index in [1.165, 1.54) is 12.1 Å². The second-order valence-electron chi connectivity index (χ2n) is 7.13. The molecule has 25 heavy (non-hydrogen) atoms. The lowest BCUT2D eigenvalue weighted by Gasteiger charge is -2.22. The predicted octanol–water partition coefficient (Wildman–Crippen LogP) is 2.14. The second kappa shape index (κ2) is 7.03. The van der Waals surface area contributed by atoms with Crippen LogP contribution in [0.4, 0.5) is 4.79 Å². The predicted molar refractivity (Wildman–Crippen MR) is 91.1 cm³/mol. The Morgan fingerprint density at radius 2 is 1.80 bits per heavy atom. The smallest absolute Gasteiger partial charge is 0.408 e. The topological polar surface area (TPSA) is 110 Å². The first kappa shape index (κ1) is 19.2. The van der Waals surface area contributed by atoms with Gasteiger partial charge in [0, 0.05) is 6.42 Å². The molecule has 7 nitrogen and oxygen atoms in total. The van der Waals surface area contributed by atoms with Crippen molar-refractivity contribution in [2.45, 2.75) is 61.8 Å².